The standard InChI is InChI=1S/C18H15P.C5H14B2.C5H11Br2N/c1-4-10-16(11-5-1)19(17-12-6-2-7-13-17)18-14-8-3-9-15-18;1-6(2)5-7(3)4;1-8(2)4-3-5(6)7/h1-15H;5H2,1-4H3;5H,3-4H2,1-2H3. The molecule has 6 heteroatoms. The van der Waals surface area contributed by atoms with E-state index in [1.165, 1.54) is 22.1 Å². The van der Waals surface area contributed by atoms with Crippen LogP contribution in [0.15, 0.2) is 91.0 Å². The summed E-state index contributed by atoms with van der Waals surface area (Å²) in [4.78, 5) is 2.16. The van der Waals surface area contributed by atoms with Crippen molar-refractivity contribution in [2.24, 2.45) is 0 Å². The molecule has 182 valence electrons. The first-order valence-electron chi connectivity index (χ1n) is 12.1. The third-order valence-corrected chi connectivity index (χ3v) is 8.14. The van der Waals surface area contributed by atoms with Crippen molar-refractivity contribution in [2.45, 2.75) is 43.7 Å². The van der Waals surface area contributed by atoms with Gasteiger partial charge in [0.05, 0.1) is 3.74 Å². The van der Waals surface area contributed by atoms with E-state index in [0.717, 1.165) is 26.4 Å². The molecular weight excluding hydrogens is 563 g/mol. The van der Waals surface area contributed by atoms with Gasteiger partial charge in [-0.1, -0.05) is 156 Å². The molecule has 0 atom stereocenters. The molecule has 0 radical (unpaired) electrons. The lowest BCUT2D eigenvalue weighted by Gasteiger charge is -2.18. The number of hydrogen-bond acceptors (Lipinski definition) is 1. The second-order valence-corrected chi connectivity index (χ2v) is 15.0. The molecule has 0 unspecified atom stereocenters. The highest BCUT2D eigenvalue weighted by Crippen LogP contribution is 2.32. The minimum atomic E-state index is -0.446. The quantitative estimate of drug-likeness (QED) is 0.146. The number of nitrogens with zero attached hydrogens (tertiary/aromatic N) is 1. The van der Waals surface area contributed by atoms with Crippen LogP contribution in [0.1, 0.15) is 6.42 Å². The maximum atomic E-state index is 3.39. The third kappa shape index (κ3) is 14.5. The van der Waals surface area contributed by atoms with Gasteiger partial charge in [0.2, 0.25) is 0 Å². The Bertz CT molecular complexity index is 755. The van der Waals surface area contributed by atoms with Crippen molar-refractivity contribution in [1.29, 1.82) is 0 Å². The van der Waals surface area contributed by atoms with Crippen molar-refractivity contribution >= 4 is 69.1 Å². The Morgan fingerprint density at radius 2 is 0.971 bits per heavy atom. The van der Waals surface area contributed by atoms with Crippen LogP contribution >= 0.6 is 39.8 Å². The zero-order valence-electron chi connectivity index (χ0n) is 21.7. The highest BCUT2D eigenvalue weighted by Gasteiger charge is 2.15. The van der Waals surface area contributed by atoms with E-state index in [9.17, 15) is 0 Å². The molecular formula is C28H40B2Br2NP. The van der Waals surface area contributed by atoms with Crippen LogP contribution in [0, 0.1) is 0 Å². The van der Waals surface area contributed by atoms with E-state index < -0.39 is 7.92 Å². The topological polar surface area (TPSA) is 3.24 Å². The second kappa shape index (κ2) is 18.4. The highest BCUT2D eigenvalue weighted by atomic mass is 79.9. The van der Waals surface area contributed by atoms with Crippen LogP contribution in [0.4, 0.5) is 0 Å². The number of benzene rings is 3. The molecule has 0 amide bonds. The van der Waals surface area contributed by atoms with Crippen LogP contribution in [-0.2, 0) is 0 Å². The van der Waals surface area contributed by atoms with Crippen molar-refractivity contribution in [3.63, 3.8) is 0 Å². The Hall–Kier alpha value is -0.860. The number of halogens is 2. The van der Waals surface area contributed by atoms with Crippen molar-refractivity contribution in [3.8, 4) is 0 Å². The molecule has 0 N–H and O–H groups in total. The molecule has 0 aliphatic carbocycles. The molecule has 3 aromatic carbocycles. The maximum Gasteiger partial charge on any atom is 0.126 e. The Morgan fingerprint density at radius 1 is 0.647 bits per heavy atom. The summed E-state index contributed by atoms with van der Waals surface area (Å²) >= 11 is 6.79. The van der Waals surface area contributed by atoms with Crippen LogP contribution in [0.3, 0.4) is 0 Å². The van der Waals surface area contributed by atoms with E-state index in [-0.39, 0.29) is 0 Å². The first kappa shape index (κ1) is 31.2. The lowest BCUT2D eigenvalue weighted by molar-refractivity contribution is 0.408. The molecule has 3 aromatic rings. The fourth-order valence-corrected chi connectivity index (χ4v) is 6.19. The predicted molar refractivity (Wildman–Crippen MR) is 170 cm³/mol. The van der Waals surface area contributed by atoms with Crippen molar-refractivity contribution in [3.05, 3.63) is 91.0 Å². The van der Waals surface area contributed by atoms with E-state index in [4.69, 9.17) is 0 Å². The second-order valence-electron chi connectivity index (χ2n) is 9.35. The van der Waals surface area contributed by atoms with Gasteiger partial charge in [-0.15, -0.1) is 0 Å². The minimum absolute atomic E-state index is 0.446. The summed E-state index contributed by atoms with van der Waals surface area (Å²) in [7, 11) is 3.70. The third-order valence-electron chi connectivity index (χ3n) is 4.78. The van der Waals surface area contributed by atoms with Gasteiger partial charge in [0.25, 0.3) is 0 Å². The number of hydrogen-bond donors (Lipinski definition) is 0. The van der Waals surface area contributed by atoms with Gasteiger partial charge in [-0.2, -0.15) is 0 Å². The Kier molecular flexibility index (Phi) is 16.9. The van der Waals surface area contributed by atoms with Crippen molar-refractivity contribution in [2.75, 3.05) is 20.6 Å². The minimum Gasteiger partial charge on any atom is -0.309 e. The first-order valence-corrected chi connectivity index (χ1v) is 15.3. The molecule has 0 spiro atoms. The molecule has 0 aromatic heterocycles. The van der Waals surface area contributed by atoms with Gasteiger partial charge >= 0.3 is 0 Å². The van der Waals surface area contributed by atoms with Crippen LogP contribution in [0.5, 0.6) is 0 Å². The summed E-state index contributed by atoms with van der Waals surface area (Å²) in [6.07, 6.45) is 2.51. The van der Waals surface area contributed by atoms with Gasteiger partial charge < -0.3 is 4.90 Å². The van der Waals surface area contributed by atoms with Gasteiger partial charge in [-0.25, -0.2) is 0 Å². The Labute approximate surface area is 228 Å². The fraction of sp³-hybridized carbons (Fsp3) is 0.357. The lowest BCUT2D eigenvalue weighted by Crippen LogP contribution is -2.20. The van der Waals surface area contributed by atoms with E-state index >= 15 is 0 Å². The number of rotatable bonds is 8. The summed E-state index contributed by atoms with van der Waals surface area (Å²) in [5.41, 5.74) is 0. The lowest BCUT2D eigenvalue weighted by atomic mass is 9.32. The molecule has 3 rings (SSSR count). The average molecular weight is 603 g/mol. The molecule has 0 aliphatic rings. The van der Waals surface area contributed by atoms with Crippen molar-refractivity contribution < 1.29 is 0 Å². The normalized spacial score (nSPS) is 10.3. The van der Waals surface area contributed by atoms with Gasteiger partial charge in [0.1, 0.15) is 13.4 Å². The molecule has 0 aliphatic heterocycles. The van der Waals surface area contributed by atoms with Gasteiger partial charge in [-0.3, -0.25) is 0 Å². The van der Waals surface area contributed by atoms with Crippen LogP contribution in [-0.4, -0.2) is 42.7 Å². The predicted octanol–water partition coefficient (Wildman–Crippen LogP) is 7.53. The summed E-state index contributed by atoms with van der Waals surface area (Å²) < 4.78 is 0.470. The Morgan fingerprint density at radius 3 is 1.15 bits per heavy atom. The molecule has 0 saturated carbocycles. The number of alkyl halides is 2. The highest BCUT2D eigenvalue weighted by molar-refractivity contribution is 9.24. The SMILES string of the molecule is CB(C)CB(C)C.CN(C)CCC(Br)Br.c1ccc(P(c2ccccc2)c2ccccc2)cc1. The largest absolute Gasteiger partial charge is 0.309 e. The van der Waals surface area contributed by atoms with Crippen LogP contribution in [0.2, 0.25) is 33.5 Å². The molecule has 34 heavy (non-hydrogen) atoms. The van der Waals surface area contributed by atoms with Gasteiger partial charge in [0, 0.05) is 0 Å². The molecule has 0 heterocycles. The first-order chi connectivity index (χ1) is 16.2. The Balaban J connectivity index is 0.000000322. The van der Waals surface area contributed by atoms with E-state index in [1.54, 1.807) is 0 Å². The summed E-state index contributed by atoms with van der Waals surface area (Å²) in [5, 5.41) is 4.19. The fourth-order valence-electron chi connectivity index (χ4n) is 3.48. The van der Waals surface area contributed by atoms with Crippen LogP contribution < -0.4 is 15.9 Å². The van der Waals surface area contributed by atoms with Crippen molar-refractivity contribution in [1.82, 2.24) is 4.90 Å². The monoisotopic (exact) mass is 601 g/mol. The molecule has 0 saturated heterocycles. The van der Waals surface area contributed by atoms with E-state index in [2.05, 4.69) is 169 Å². The summed E-state index contributed by atoms with van der Waals surface area (Å²) in [5.74, 6) is 0. The zero-order valence-corrected chi connectivity index (χ0v) is 25.7. The van der Waals surface area contributed by atoms with Gasteiger partial charge in [-0.05, 0) is 50.9 Å². The maximum absolute atomic E-state index is 3.39. The smallest absolute Gasteiger partial charge is 0.126 e. The average Bonchev–Trinajstić information content (AvgIpc) is 2.80. The summed E-state index contributed by atoms with van der Waals surface area (Å²) in [6.45, 7) is 11.9. The molecule has 0 fully saturated rings. The van der Waals surface area contributed by atoms with E-state index in [0.29, 0.717) is 3.74 Å². The zero-order chi connectivity index (χ0) is 25.3. The molecule has 0 bridgehead atoms. The summed E-state index contributed by atoms with van der Waals surface area (Å²) in [6, 6.07) is 32.3. The van der Waals surface area contributed by atoms with E-state index in [1.807, 2.05) is 0 Å². The van der Waals surface area contributed by atoms with Crippen LogP contribution in [0.25, 0.3) is 0 Å². The molecule has 1 nitrogen and oxygen atoms in total. The van der Waals surface area contributed by atoms with Gasteiger partial charge in [0.15, 0.2) is 0 Å².